The Morgan fingerprint density at radius 3 is 2.62 bits per heavy atom. The smallest absolute Gasteiger partial charge is 0.243 e. The van der Waals surface area contributed by atoms with Crippen LogP contribution in [0.5, 0.6) is 5.75 Å². The summed E-state index contributed by atoms with van der Waals surface area (Å²) in [6.07, 6.45) is 0. The van der Waals surface area contributed by atoms with Crippen LogP contribution in [0.15, 0.2) is 28.8 Å². The molecular formula is C18H27N3O3. The minimum absolute atomic E-state index is 0.0411. The monoisotopic (exact) mass is 333 g/mol. The summed E-state index contributed by atoms with van der Waals surface area (Å²) in [4.78, 5) is 4.49. The fraction of sp³-hybridized carbons (Fsp3) is 0.556. The Balaban J connectivity index is 1.96. The molecule has 6 heteroatoms. The van der Waals surface area contributed by atoms with Crippen LogP contribution in [0.1, 0.15) is 51.0 Å². The predicted molar refractivity (Wildman–Crippen MR) is 92.1 cm³/mol. The maximum Gasteiger partial charge on any atom is 0.243 e. The first-order valence-electron chi connectivity index (χ1n) is 8.19. The number of nitrogens with one attached hydrogen (secondary N) is 1. The molecule has 0 fully saturated rings. The second kappa shape index (κ2) is 8.26. The molecule has 0 aliphatic rings. The first-order chi connectivity index (χ1) is 11.4. The van der Waals surface area contributed by atoms with Crippen molar-refractivity contribution in [2.75, 3.05) is 20.3 Å². The van der Waals surface area contributed by atoms with Crippen LogP contribution in [0.4, 0.5) is 0 Å². The molecular weight excluding hydrogens is 306 g/mol. The van der Waals surface area contributed by atoms with Crippen LogP contribution in [0, 0.1) is 0 Å². The SMILES string of the molecule is COCCOc1ccccc1CNC(C)c1nc(C(C)(C)C)no1. The molecule has 0 bridgehead atoms. The van der Waals surface area contributed by atoms with E-state index >= 15 is 0 Å². The third-order valence-electron chi connectivity index (χ3n) is 3.60. The van der Waals surface area contributed by atoms with Gasteiger partial charge in [0.15, 0.2) is 5.82 Å². The highest BCUT2D eigenvalue weighted by molar-refractivity contribution is 5.33. The molecule has 1 heterocycles. The number of nitrogens with zero attached hydrogens (tertiary/aromatic N) is 2. The van der Waals surface area contributed by atoms with E-state index in [0.717, 1.165) is 17.1 Å². The van der Waals surface area contributed by atoms with Gasteiger partial charge in [0, 0.05) is 24.6 Å². The molecule has 0 radical (unpaired) electrons. The topological polar surface area (TPSA) is 69.4 Å². The van der Waals surface area contributed by atoms with Crippen LogP contribution < -0.4 is 10.1 Å². The maximum absolute atomic E-state index is 5.75. The summed E-state index contributed by atoms with van der Waals surface area (Å²) in [5.41, 5.74) is 0.958. The number of para-hydroxylation sites is 1. The minimum Gasteiger partial charge on any atom is -0.491 e. The van der Waals surface area contributed by atoms with E-state index in [1.165, 1.54) is 0 Å². The van der Waals surface area contributed by atoms with Crippen molar-refractivity contribution in [2.24, 2.45) is 0 Å². The minimum atomic E-state index is -0.122. The van der Waals surface area contributed by atoms with Crippen molar-refractivity contribution < 1.29 is 14.0 Å². The second-order valence-electron chi connectivity index (χ2n) is 6.76. The van der Waals surface area contributed by atoms with Gasteiger partial charge in [0.05, 0.1) is 12.6 Å². The highest BCUT2D eigenvalue weighted by Crippen LogP contribution is 2.22. The van der Waals surface area contributed by atoms with Gasteiger partial charge in [-0.2, -0.15) is 4.98 Å². The van der Waals surface area contributed by atoms with Crippen LogP contribution in [0.2, 0.25) is 0 Å². The number of hydrogen-bond donors (Lipinski definition) is 1. The van der Waals surface area contributed by atoms with Gasteiger partial charge < -0.3 is 19.3 Å². The molecule has 1 aromatic carbocycles. The lowest BCUT2D eigenvalue weighted by molar-refractivity contribution is 0.145. The maximum atomic E-state index is 5.75. The van der Waals surface area contributed by atoms with Gasteiger partial charge in [0.25, 0.3) is 0 Å². The van der Waals surface area contributed by atoms with E-state index in [-0.39, 0.29) is 11.5 Å². The Hall–Kier alpha value is -1.92. The van der Waals surface area contributed by atoms with Crippen LogP contribution in [-0.4, -0.2) is 30.5 Å². The molecule has 2 rings (SSSR count). The molecule has 1 atom stereocenters. The van der Waals surface area contributed by atoms with E-state index in [1.54, 1.807) is 7.11 Å². The van der Waals surface area contributed by atoms with E-state index in [2.05, 4.69) is 36.2 Å². The molecule has 132 valence electrons. The zero-order valence-electron chi connectivity index (χ0n) is 15.1. The summed E-state index contributed by atoms with van der Waals surface area (Å²) in [7, 11) is 1.66. The number of hydrogen-bond acceptors (Lipinski definition) is 6. The van der Waals surface area contributed by atoms with Crippen molar-refractivity contribution in [3.8, 4) is 5.75 Å². The summed E-state index contributed by atoms with van der Waals surface area (Å²) in [5.74, 6) is 2.17. The molecule has 0 amide bonds. The molecule has 0 saturated carbocycles. The lowest BCUT2D eigenvalue weighted by atomic mass is 9.96. The number of rotatable bonds is 8. The van der Waals surface area contributed by atoms with Crippen molar-refractivity contribution in [1.29, 1.82) is 0 Å². The highest BCUT2D eigenvalue weighted by atomic mass is 16.5. The molecule has 2 aromatic rings. The highest BCUT2D eigenvalue weighted by Gasteiger charge is 2.23. The van der Waals surface area contributed by atoms with Crippen LogP contribution >= 0.6 is 0 Å². The van der Waals surface area contributed by atoms with Gasteiger partial charge in [-0.15, -0.1) is 0 Å². The average molecular weight is 333 g/mol. The third kappa shape index (κ3) is 5.04. The molecule has 0 spiro atoms. The molecule has 6 nitrogen and oxygen atoms in total. The molecule has 0 aliphatic carbocycles. The van der Waals surface area contributed by atoms with Crippen molar-refractivity contribution in [3.63, 3.8) is 0 Å². The lowest BCUT2D eigenvalue weighted by Gasteiger charge is -2.14. The largest absolute Gasteiger partial charge is 0.491 e. The van der Waals surface area contributed by atoms with Crippen molar-refractivity contribution >= 4 is 0 Å². The fourth-order valence-corrected chi connectivity index (χ4v) is 2.09. The van der Waals surface area contributed by atoms with Gasteiger partial charge in [-0.3, -0.25) is 0 Å². The predicted octanol–water partition coefficient (Wildman–Crippen LogP) is 3.24. The van der Waals surface area contributed by atoms with Crippen molar-refractivity contribution in [2.45, 2.75) is 45.7 Å². The van der Waals surface area contributed by atoms with E-state index < -0.39 is 0 Å². The Morgan fingerprint density at radius 1 is 1.21 bits per heavy atom. The average Bonchev–Trinajstić information content (AvgIpc) is 3.04. The number of benzene rings is 1. The van der Waals surface area contributed by atoms with E-state index in [1.807, 2.05) is 31.2 Å². The third-order valence-corrected chi connectivity index (χ3v) is 3.60. The number of methoxy groups -OCH3 is 1. The first kappa shape index (κ1) is 18.4. The zero-order chi connectivity index (χ0) is 17.6. The molecule has 1 aromatic heterocycles. The molecule has 1 N–H and O–H groups in total. The summed E-state index contributed by atoms with van der Waals surface area (Å²) < 4.78 is 16.1. The lowest BCUT2D eigenvalue weighted by Crippen LogP contribution is -2.20. The Labute approximate surface area is 143 Å². The van der Waals surface area contributed by atoms with E-state index in [4.69, 9.17) is 14.0 Å². The zero-order valence-corrected chi connectivity index (χ0v) is 15.1. The number of aromatic nitrogens is 2. The van der Waals surface area contributed by atoms with Crippen LogP contribution in [0.25, 0.3) is 0 Å². The van der Waals surface area contributed by atoms with Gasteiger partial charge in [0.2, 0.25) is 5.89 Å². The number of ether oxygens (including phenoxy) is 2. The molecule has 24 heavy (non-hydrogen) atoms. The van der Waals surface area contributed by atoms with Crippen molar-refractivity contribution in [1.82, 2.24) is 15.5 Å². The fourth-order valence-electron chi connectivity index (χ4n) is 2.09. The van der Waals surface area contributed by atoms with Crippen LogP contribution in [0.3, 0.4) is 0 Å². The Morgan fingerprint density at radius 2 is 1.96 bits per heavy atom. The normalized spacial score (nSPS) is 13.0. The van der Waals surface area contributed by atoms with Gasteiger partial charge in [-0.25, -0.2) is 0 Å². The summed E-state index contributed by atoms with van der Waals surface area (Å²) in [6.45, 7) is 9.94. The van der Waals surface area contributed by atoms with Gasteiger partial charge in [-0.05, 0) is 13.0 Å². The first-order valence-corrected chi connectivity index (χ1v) is 8.19. The van der Waals surface area contributed by atoms with Crippen LogP contribution in [-0.2, 0) is 16.7 Å². The van der Waals surface area contributed by atoms with Gasteiger partial charge in [-0.1, -0.05) is 44.1 Å². The van der Waals surface area contributed by atoms with Gasteiger partial charge >= 0.3 is 0 Å². The second-order valence-corrected chi connectivity index (χ2v) is 6.76. The standard InChI is InChI=1S/C18H27N3O3/c1-13(16-20-17(21-24-16)18(2,3)4)19-12-14-8-6-7-9-15(14)23-11-10-22-5/h6-9,13,19H,10-12H2,1-5H3. The summed E-state index contributed by atoms with van der Waals surface area (Å²) >= 11 is 0. The van der Waals surface area contributed by atoms with Crippen molar-refractivity contribution in [3.05, 3.63) is 41.5 Å². The van der Waals surface area contributed by atoms with E-state index in [9.17, 15) is 0 Å². The molecule has 1 unspecified atom stereocenters. The molecule has 0 aliphatic heterocycles. The Bertz CT molecular complexity index is 634. The van der Waals surface area contributed by atoms with Gasteiger partial charge in [0.1, 0.15) is 12.4 Å². The summed E-state index contributed by atoms with van der Waals surface area (Å²) in [5, 5.41) is 7.47. The summed E-state index contributed by atoms with van der Waals surface area (Å²) in [6, 6.07) is 7.91. The van der Waals surface area contributed by atoms with E-state index in [0.29, 0.717) is 25.6 Å². The molecule has 0 saturated heterocycles. The quantitative estimate of drug-likeness (QED) is 0.748. The Kier molecular flexibility index (Phi) is 6.34.